The highest BCUT2D eigenvalue weighted by molar-refractivity contribution is 7.98. The molecule has 1 aromatic rings. The van der Waals surface area contributed by atoms with Crippen molar-refractivity contribution in [1.82, 2.24) is 4.90 Å². The Morgan fingerprint density at radius 2 is 2.24 bits per heavy atom. The molecule has 3 heteroatoms. The summed E-state index contributed by atoms with van der Waals surface area (Å²) < 4.78 is 0. The lowest BCUT2D eigenvalue weighted by atomic mass is 9.98. The van der Waals surface area contributed by atoms with Crippen molar-refractivity contribution in [3.05, 3.63) is 29.3 Å². The molecule has 94 valence electrons. The van der Waals surface area contributed by atoms with E-state index in [1.54, 1.807) is 0 Å². The van der Waals surface area contributed by atoms with Crippen LogP contribution >= 0.6 is 11.8 Å². The van der Waals surface area contributed by atoms with E-state index in [1.807, 2.05) is 17.8 Å². The average molecular weight is 250 g/mol. The Kier molecular flexibility index (Phi) is 4.75. The fraction of sp³-hybridized carbons (Fsp3) is 0.571. The van der Waals surface area contributed by atoms with E-state index in [4.69, 9.17) is 5.73 Å². The summed E-state index contributed by atoms with van der Waals surface area (Å²) in [6.45, 7) is 3.48. The largest absolute Gasteiger partial charge is 0.398 e. The molecule has 0 fully saturated rings. The molecule has 2 rings (SSSR count). The molecule has 0 saturated heterocycles. The molecule has 0 bridgehead atoms. The van der Waals surface area contributed by atoms with E-state index in [2.05, 4.69) is 23.3 Å². The minimum absolute atomic E-state index is 0.976. The minimum atomic E-state index is 0.976. The van der Waals surface area contributed by atoms with Crippen LogP contribution in [0.2, 0.25) is 0 Å². The molecule has 1 aliphatic rings. The number of anilines is 1. The molecule has 0 saturated carbocycles. The zero-order chi connectivity index (χ0) is 12.1. The van der Waals surface area contributed by atoms with Crippen molar-refractivity contribution in [1.29, 1.82) is 0 Å². The van der Waals surface area contributed by atoms with E-state index < -0.39 is 0 Å². The van der Waals surface area contributed by atoms with Crippen molar-refractivity contribution >= 4 is 17.4 Å². The SMILES string of the molecule is CSCCCCN1CCc2c(N)cccc2C1. The highest BCUT2D eigenvalue weighted by Crippen LogP contribution is 2.24. The zero-order valence-corrected chi connectivity index (χ0v) is 11.4. The fourth-order valence-corrected chi connectivity index (χ4v) is 2.96. The van der Waals surface area contributed by atoms with Crippen LogP contribution in [0.4, 0.5) is 5.69 Å². The van der Waals surface area contributed by atoms with Crippen LogP contribution in [0.15, 0.2) is 18.2 Å². The Morgan fingerprint density at radius 3 is 3.06 bits per heavy atom. The Hall–Kier alpha value is -0.670. The third-order valence-electron chi connectivity index (χ3n) is 3.45. The number of rotatable bonds is 5. The Morgan fingerprint density at radius 1 is 1.35 bits per heavy atom. The third kappa shape index (κ3) is 3.39. The molecule has 2 N–H and O–H groups in total. The van der Waals surface area contributed by atoms with Crippen molar-refractivity contribution in [2.45, 2.75) is 25.8 Å². The third-order valence-corrected chi connectivity index (χ3v) is 4.15. The standard InChI is InChI=1S/C14H22N2S/c1-17-10-3-2-8-16-9-7-13-12(11-16)5-4-6-14(13)15/h4-6H,2-3,7-11,15H2,1H3. The number of thioether (sulfide) groups is 1. The van der Waals surface area contributed by atoms with Crippen LogP contribution in [-0.4, -0.2) is 30.0 Å². The maximum Gasteiger partial charge on any atom is 0.0350 e. The van der Waals surface area contributed by atoms with Gasteiger partial charge < -0.3 is 5.73 Å². The second-order valence-corrected chi connectivity index (χ2v) is 5.70. The van der Waals surface area contributed by atoms with E-state index in [9.17, 15) is 0 Å². The number of nitrogens with two attached hydrogens (primary N) is 1. The second kappa shape index (κ2) is 6.31. The number of hydrogen-bond donors (Lipinski definition) is 1. The summed E-state index contributed by atoms with van der Waals surface area (Å²) in [6, 6.07) is 6.32. The van der Waals surface area contributed by atoms with Crippen LogP contribution in [0, 0.1) is 0 Å². The summed E-state index contributed by atoms with van der Waals surface area (Å²) >= 11 is 1.94. The van der Waals surface area contributed by atoms with Gasteiger partial charge in [-0.15, -0.1) is 0 Å². The van der Waals surface area contributed by atoms with Crippen LogP contribution < -0.4 is 5.73 Å². The summed E-state index contributed by atoms with van der Waals surface area (Å²) in [5.74, 6) is 1.29. The summed E-state index contributed by atoms with van der Waals surface area (Å²) in [7, 11) is 0. The number of nitrogens with zero attached hydrogens (tertiary/aromatic N) is 1. The molecule has 1 heterocycles. The quantitative estimate of drug-likeness (QED) is 0.643. The van der Waals surface area contributed by atoms with Gasteiger partial charge in [0.2, 0.25) is 0 Å². The maximum atomic E-state index is 6.01. The van der Waals surface area contributed by atoms with Gasteiger partial charge in [-0.3, -0.25) is 4.90 Å². The number of nitrogen functional groups attached to an aromatic ring is 1. The van der Waals surface area contributed by atoms with E-state index in [1.165, 1.54) is 42.8 Å². The van der Waals surface area contributed by atoms with Crippen molar-refractivity contribution in [2.24, 2.45) is 0 Å². The highest BCUT2D eigenvalue weighted by Gasteiger charge is 2.16. The molecule has 0 atom stereocenters. The molecular weight excluding hydrogens is 228 g/mol. The van der Waals surface area contributed by atoms with Crippen LogP contribution in [0.25, 0.3) is 0 Å². The summed E-state index contributed by atoms with van der Waals surface area (Å²) in [5, 5.41) is 0. The van der Waals surface area contributed by atoms with Gasteiger partial charge in [-0.05, 0) is 55.0 Å². The summed E-state index contributed by atoms with van der Waals surface area (Å²) in [4.78, 5) is 2.56. The van der Waals surface area contributed by atoms with E-state index in [-0.39, 0.29) is 0 Å². The molecule has 0 spiro atoms. The minimum Gasteiger partial charge on any atom is -0.398 e. The first-order chi connectivity index (χ1) is 8.31. The molecule has 0 radical (unpaired) electrons. The van der Waals surface area contributed by atoms with Crippen molar-refractivity contribution < 1.29 is 0 Å². The molecule has 0 unspecified atom stereocenters. The lowest BCUT2D eigenvalue weighted by Crippen LogP contribution is -2.31. The normalized spacial score (nSPS) is 15.8. The highest BCUT2D eigenvalue weighted by atomic mass is 32.2. The van der Waals surface area contributed by atoms with Gasteiger partial charge in [0.15, 0.2) is 0 Å². The molecule has 0 aliphatic carbocycles. The monoisotopic (exact) mass is 250 g/mol. The second-order valence-electron chi connectivity index (χ2n) is 4.71. The lowest BCUT2D eigenvalue weighted by Gasteiger charge is -2.29. The Balaban J connectivity index is 1.86. The van der Waals surface area contributed by atoms with Gasteiger partial charge in [0.1, 0.15) is 0 Å². The smallest absolute Gasteiger partial charge is 0.0350 e. The Labute approximate surface area is 109 Å². The first-order valence-corrected chi connectivity index (χ1v) is 7.78. The van der Waals surface area contributed by atoms with Gasteiger partial charge in [-0.2, -0.15) is 11.8 Å². The fourth-order valence-electron chi connectivity index (χ4n) is 2.47. The van der Waals surface area contributed by atoms with E-state index in [0.717, 1.165) is 18.7 Å². The summed E-state index contributed by atoms with van der Waals surface area (Å²) in [6.07, 6.45) is 5.95. The molecule has 0 amide bonds. The van der Waals surface area contributed by atoms with Crippen LogP contribution in [-0.2, 0) is 13.0 Å². The van der Waals surface area contributed by atoms with Crippen molar-refractivity contribution in [2.75, 3.05) is 30.8 Å². The molecule has 0 aromatic heterocycles. The lowest BCUT2D eigenvalue weighted by molar-refractivity contribution is 0.251. The van der Waals surface area contributed by atoms with Crippen LogP contribution in [0.1, 0.15) is 24.0 Å². The van der Waals surface area contributed by atoms with Gasteiger partial charge >= 0.3 is 0 Å². The average Bonchev–Trinajstić information content (AvgIpc) is 2.35. The van der Waals surface area contributed by atoms with Gasteiger partial charge in [0.05, 0.1) is 0 Å². The zero-order valence-electron chi connectivity index (χ0n) is 10.6. The van der Waals surface area contributed by atoms with Crippen molar-refractivity contribution in [3.8, 4) is 0 Å². The Bertz CT molecular complexity index is 365. The molecule has 2 nitrogen and oxygen atoms in total. The predicted octanol–water partition coefficient (Wildman–Crippen LogP) is 2.77. The summed E-state index contributed by atoms with van der Waals surface area (Å²) in [5.41, 5.74) is 9.80. The van der Waals surface area contributed by atoms with Gasteiger partial charge in [-0.25, -0.2) is 0 Å². The first-order valence-electron chi connectivity index (χ1n) is 6.39. The molecule has 1 aliphatic heterocycles. The number of fused-ring (bicyclic) bond motifs is 1. The topological polar surface area (TPSA) is 29.3 Å². The maximum absolute atomic E-state index is 6.01. The molecular formula is C14H22N2S. The molecule has 17 heavy (non-hydrogen) atoms. The van der Waals surface area contributed by atoms with Crippen molar-refractivity contribution in [3.63, 3.8) is 0 Å². The predicted molar refractivity (Wildman–Crippen MR) is 77.5 cm³/mol. The van der Waals surface area contributed by atoms with Gasteiger partial charge in [-0.1, -0.05) is 12.1 Å². The number of hydrogen-bond acceptors (Lipinski definition) is 3. The van der Waals surface area contributed by atoms with E-state index in [0.29, 0.717) is 0 Å². The van der Waals surface area contributed by atoms with Crippen LogP contribution in [0.5, 0.6) is 0 Å². The number of benzene rings is 1. The van der Waals surface area contributed by atoms with Crippen LogP contribution in [0.3, 0.4) is 0 Å². The number of unbranched alkanes of at least 4 members (excludes halogenated alkanes) is 1. The van der Waals surface area contributed by atoms with E-state index >= 15 is 0 Å². The molecule has 1 aromatic carbocycles. The van der Waals surface area contributed by atoms with Gasteiger partial charge in [0, 0.05) is 18.8 Å². The van der Waals surface area contributed by atoms with Gasteiger partial charge in [0.25, 0.3) is 0 Å². The first kappa shape index (κ1) is 12.8.